The van der Waals surface area contributed by atoms with E-state index < -0.39 is 66.9 Å². The number of guanidine groups is 1. The number of carbonyl (C=O) groups is 5. The van der Waals surface area contributed by atoms with Gasteiger partial charge in [0.05, 0.1) is 6.10 Å². The maximum atomic E-state index is 12.7. The van der Waals surface area contributed by atoms with Crippen molar-refractivity contribution >= 4 is 35.6 Å². The Labute approximate surface area is 183 Å². The highest BCUT2D eigenvalue weighted by atomic mass is 16.4. The summed E-state index contributed by atoms with van der Waals surface area (Å²) in [6.07, 6.45) is -1.79. The second-order valence-electron chi connectivity index (χ2n) is 6.88. The fourth-order valence-corrected chi connectivity index (χ4v) is 2.35. The van der Waals surface area contributed by atoms with Crippen LogP contribution in [0.5, 0.6) is 0 Å². The molecule has 0 bridgehead atoms. The van der Waals surface area contributed by atoms with Gasteiger partial charge in [-0.2, -0.15) is 0 Å². The third kappa shape index (κ3) is 12.3. The van der Waals surface area contributed by atoms with Gasteiger partial charge in [0.25, 0.3) is 0 Å². The topological polar surface area (TPSA) is 273 Å². The molecule has 0 rings (SSSR count). The summed E-state index contributed by atoms with van der Waals surface area (Å²) < 4.78 is 0. The first-order valence-corrected chi connectivity index (χ1v) is 9.66. The average molecular weight is 461 g/mol. The van der Waals surface area contributed by atoms with Gasteiger partial charge >= 0.3 is 11.9 Å². The Morgan fingerprint density at radius 2 is 1.47 bits per heavy atom. The van der Waals surface area contributed by atoms with Crippen LogP contribution in [0.2, 0.25) is 0 Å². The number of nitrogens with zero attached hydrogens (tertiary/aromatic N) is 1. The van der Waals surface area contributed by atoms with Crippen molar-refractivity contribution in [1.29, 1.82) is 0 Å². The molecular weight excluding hydrogens is 430 g/mol. The molecule has 4 atom stereocenters. The number of carboxylic acid groups (broad SMARTS) is 2. The van der Waals surface area contributed by atoms with Crippen molar-refractivity contribution in [2.24, 2.45) is 22.2 Å². The third-order valence-corrected chi connectivity index (χ3v) is 4.09. The molecule has 0 radical (unpaired) electrons. The van der Waals surface area contributed by atoms with Crippen LogP contribution in [0.4, 0.5) is 0 Å². The van der Waals surface area contributed by atoms with Crippen LogP contribution < -0.4 is 33.2 Å². The van der Waals surface area contributed by atoms with Crippen molar-refractivity contribution < 1.29 is 39.3 Å². The zero-order valence-electron chi connectivity index (χ0n) is 17.6. The fourth-order valence-electron chi connectivity index (χ4n) is 2.35. The molecule has 15 heteroatoms. The van der Waals surface area contributed by atoms with E-state index in [4.69, 9.17) is 27.4 Å². The van der Waals surface area contributed by atoms with E-state index in [1.54, 1.807) is 0 Å². The average Bonchev–Trinajstić information content (AvgIpc) is 2.69. The lowest BCUT2D eigenvalue weighted by atomic mass is 10.1. The lowest BCUT2D eigenvalue weighted by Crippen LogP contribution is -2.57. The summed E-state index contributed by atoms with van der Waals surface area (Å²) in [5.74, 6) is -5.31. The van der Waals surface area contributed by atoms with Crippen LogP contribution in [0.25, 0.3) is 0 Å². The Hall–Kier alpha value is -3.46. The first kappa shape index (κ1) is 28.5. The van der Waals surface area contributed by atoms with E-state index >= 15 is 0 Å². The molecule has 3 amide bonds. The second kappa shape index (κ2) is 14.5. The summed E-state index contributed by atoms with van der Waals surface area (Å²) >= 11 is 0. The summed E-state index contributed by atoms with van der Waals surface area (Å²) in [7, 11) is 0. The second-order valence-corrected chi connectivity index (χ2v) is 6.88. The van der Waals surface area contributed by atoms with Crippen molar-refractivity contribution in [2.45, 2.75) is 56.8 Å². The normalized spacial score (nSPS) is 14.2. The van der Waals surface area contributed by atoms with Crippen LogP contribution in [-0.4, -0.2) is 88.3 Å². The maximum absolute atomic E-state index is 12.7. The molecule has 0 aliphatic carbocycles. The Kier molecular flexibility index (Phi) is 13.0. The number of nitrogens with two attached hydrogens (primary N) is 3. The minimum absolute atomic E-state index is 0.0146. The predicted octanol–water partition coefficient (Wildman–Crippen LogP) is -4.22. The Morgan fingerprint density at radius 3 is 1.97 bits per heavy atom. The molecule has 0 aliphatic heterocycles. The highest BCUT2D eigenvalue weighted by Crippen LogP contribution is 2.04. The number of carbonyl (C=O) groups excluding carboxylic acids is 3. The van der Waals surface area contributed by atoms with Crippen molar-refractivity contribution in [3.8, 4) is 0 Å². The summed E-state index contributed by atoms with van der Waals surface area (Å²) in [6, 6.07) is -3.97. The van der Waals surface area contributed by atoms with E-state index in [0.717, 1.165) is 0 Å². The summed E-state index contributed by atoms with van der Waals surface area (Å²) in [4.78, 5) is 62.5. The van der Waals surface area contributed by atoms with E-state index in [9.17, 15) is 29.1 Å². The Morgan fingerprint density at radius 1 is 0.906 bits per heavy atom. The van der Waals surface area contributed by atoms with Gasteiger partial charge in [0.1, 0.15) is 24.7 Å². The molecular formula is C17H31N7O8. The number of nitrogens with one attached hydrogen (secondary N) is 3. The molecule has 0 heterocycles. The van der Waals surface area contributed by atoms with Crippen LogP contribution in [0.1, 0.15) is 32.6 Å². The van der Waals surface area contributed by atoms with Gasteiger partial charge in [0.2, 0.25) is 17.7 Å². The molecule has 12 N–H and O–H groups in total. The minimum Gasteiger partial charge on any atom is -0.481 e. The number of rotatable bonds is 15. The maximum Gasteiger partial charge on any atom is 0.322 e. The third-order valence-electron chi connectivity index (χ3n) is 4.09. The summed E-state index contributed by atoms with van der Waals surface area (Å²) in [6.45, 7) is 0.695. The molecule has 0 fully saturated rings. The number of aliphatic hydroxyl groups excluding tert-OH is 1. The summed E-state index contributed by atoms with van der Waals surface area (Å²) in [5.41, 5.74) is 16.0. The van der Waals surface area contributed by atoms with E-state index in [-0.39, 0.29) is 31.8 Å². The quantitative estimate of drug-likeness (QED) is 0.0640. The molecule has 0 aromatic heterocycles. The van der Waals surface area contributed by atoms with Crippen LogP contribution in [0.3, 0.4) is 0 Å². The monoisotopic (exact) mass is 461 g/mol. The van der Waals surface area contributed by atoms with Crippen LogP contribution in [0, 0.1) is 0 Å². The van der Waals surface area contributed by atoms with E-state index in [0.29, 0.717) is 0 Å². The lowest BCUT2D eigenvalue weighted by Gasteiger charge is -2.24. The molecule has 4 unspecified atom stereocenters. The zero-order chi connectivity index (χ0) is 24.8. The minimum atomic E-state index is -1.38. The van der Waals surface area contributed by atoms with Gasteiger partial charge < -0.3 is 48.5 Å². The number of hydrogen-bond acceptors (Lipinski definition) is 8. The first-order valence-electron chi connectivity index (χ1n) is 9.66. The molecule has 0 saturated carbocycles. The van der Waals surface area contributed by atoms with Gasteiger partial charge in [-0.1, -0.05) is 0 Å². The van der Waals surface area contributed by atoms with E-state index in [1.807, 2.05) is 0 Å². The number of carboxylic acids is 2. The van der Waals surface area contributed by atoms with Gasteiger partial charge in [0.15, 0.2) is 5.96 Å². The zero-order valence-corrected chi connectivity index (χ0v) is 17.6. The Bertz CT molecular complexity index is 709. The van der Waals surface area contributed by atoms with Crippen molar-refractivity contribution in [2.75, 3.05) is 13.1 Å². The van der Waals surface area contributed by atoms with Crippen LogP contribution in [-0.2, 0) is 24.0 Å². The van der Waals surface area contributed by atoms with Gasteiger partial charge in [-0.25, -0.2) is 0 Å². The number of aliphatic imine (C=N–C) groups is 1. The number of aliphatic hydroxyl groups is 1. The van der Waals surface area contributed by atoms with E-state index in [2.05, 4.69) is 20.9 Å². The van der Waals surface area contributed by atoms with Crippen LogP contribution in [0.15, 0.2) is 4.99 Å². The molecule has 32 heavy (non-hydrogen) atoms. The molecule has 0 saturated heterocycles. The Balaban J connectivity index is 5.38. The van der Waals surface area contributed by atoms with Gasteiger partial charge in [-0.3, -0.25) is 29.0 Å². The highest BCUT2D eigenvalue weighted by Gasteiger charge is 2.29. The SMILES string of the molecule is CC(O)C(N)C(=O)NC(CCC(=O)O)C(=O)NC(CCCN=C(N)N)C(=O)NCC(=O)O. The lowest BCUT2D eigenvalue weighted by molar-refractivity contribution is -0.139. The first-order chi connectivity index (χ1) is 14.8. The molecule has 0 spiro atoms. The molecule has 0 aromatic carbocycles. The molecule has 0 aliphatic rings. The number of amides is 3. The van der Waals surface area contributed by atoms with Crippen molar-refractivity contribution in [3.05, 3.63) is 0 Å². The smallest absolute Gasteiger partial charge is 0.322 e. The summed E-state index contributed by atoms with van der Waals surface area (Å²) in [5, 5.41) is 33.8. The van der Waals surface area contributed by atoms with Crippen molar-refractivity contribution in [1.82, 2.24) is 16.0 Å². The molecule has 15 nitrogen and oxygen atoms in total. The molecule has 0 aromatic rings. The van der Waals surface area contributed by atoms with Gasteiger partial charge in [0, 0.05) is 13.0 Å². The van der Waals surface area contributed by atoms with E-state index in [1.165, 1.54) is 6.92 Å². The van der Waals surface area contributed by atoms with Crippen molar-refractivity contribution in [3.63, 3.8) is 0 Å². The molecule has 182 valence electrons. The van der Waals surface area contributed by atoms with Gasteiger partial charge in [-0.15, -0.1) is 0 Å². The highest BCUT2D eigenvalue weighted by molar-refractivity contribution is 5.94. The van der Waals surface area contributed by atoms with Crippen LogP contribution >= 0.6 is 0 Å². The fraction of sp³-hybridized carbons (Fsp3) is 0.647. The standard InChI is InChI=1S/C17H31N7O8/c1-8(25)13(18)16(32)24-10(4-5-11(26)27)15(31)23-9(3-2-6-21-17(19)20)14(30)22-7-12(28)29/h8-10,13,25H,2-7,18H2,1H3,(H,22,30)(H,23,31)(H,24,32)(H,26,27)(H,28,29)(H4,19,20,21). The number of hydrogen-bond donors (Lipinski definition) is 9. The number of aliphatic carboxylic acids is 2. The largest absolute Gasteiger partial charge is 0.481 e. The van der Waals surface area contributed by atoms with Gasteiger partial charge in [-0.05, 0) is 26.2 Å². The predicted molar refractivity (Wildman–Crippen MR) is 111 cm³/mol.